The smallest absolute Gasteiger partial charge is 0.258 e. The van der Waals surface area contributed by atoms with E-state index in [0.717, 1.165) is 0 Å². The standard InChI is InChI=1S/C20H24F2N2O4S/c1-20(2,3)15-7-6-14(10-16(15)21)28-12-19(25)23-11-13-5-8-18(17(22)9-13)24-29(26)27-4/h5-10,29H,11-12H2,1-4H3,(H,23,25). The van der Waals surface area contributed by atoms with E-state index >= 15 is 0 Å². The first kappa shape index (κ1) is 22.8. The predicted molar refractivity (Wildman–Crippen MR) is 107 cm³/mol. The number of benzene rings is 2. The quantitative estimate of drug-likeness (QED) is 0.660. The molecule has 0 aliphatic carbocycles. The summed E-state index contributed by atoms with van der Waals surface area (Å²) in [6.07, 6.45) is 0. The number of carbonyl (C=O) groups is 1. The number of nitrogens with one attached hydrogen (secondary N) is 1. The molecular formula is C20H24F2N2O4S. The highest BCUT2D eigenvalue weighted by Gasteiger charge is 2.18. The van der Waals surface area contributed by atoms with E-state index in [-0.39, 0.29) is 30.0 Å². The third-order valence-electron chi connectivity index (χ3n) is 3.97. The van der Waals surface area contributed by atoms with Gasteiger partial charge in [0.15, 0.2) is 17.5 Å². The molecule has 6 nitrogen and oxygen atoms in total. The van der Waals surface area contributed by atoms with Gasteiger partial charge in [0.2, 0.25) is 0 Å². The van der Waals surface area contributed by atoms with Crippen LogP contribution in [0.2, 0.25) is 0 Å². The summed E-state index contributed by atoms with van der Waals surface area (Å²) in [6.45, 7) is 5.47. The number of rotatable bonds is 7. The van der Waals surface area contributed by atoms with Gasteiger partial charge in [0, 0.05) is 12.6 Å². The fourth-order valence-corrected chi connectivity index (χ4v) is 2.88. The van der Waals surface area contributed by atoms with Crippen LogP contribution in [0.4, 0.5) is 14.5 Å². The first-order chi connectivity index (χ1) is 13.6. The van der Waals surface area contributed by atoms with Gasteiger partial charge in [-0.15, -0.1) is 0 Å². The lowest BCUT2D eigenvalue weighted by molar-refractivity contribution is -0.123. The summed E-state index contributed by atoms with van der Waals surface area (Å²) in [6, 6.07) is 8.56. The van der Waals surface area contributed by atoms with Crippen LogP contribution in [0.1, 0.15) is 31.9 Å². The number of amides is 1. The number of nitrogens with zero attached hydrogens (tertiary/aromatic N) is 1. The number of halogens is 2. The lowest BCUT2D eigenvalue weighted by atomic mass is 9.87. The van der Waals surface area contributed by atoms with Crippen molar-refractivity contribution in [3.8, 4) is 5.75 Å². The van der Waals surface area contributed by atoms with Crippen LogP contribution < -0.4 is 10.1 Å². The van der Waals surface area contributed by atoms with E-state index in [2.05, 4.69) is 13.9 Å². The molecule has 2 aromatic rings. The normalized spacial score (nSPS) is 12.6. The molecule has 2 aromatic carbocycles. The highest BCUT2D eigenvalue weighted by molar-refractivity contribution is 7.69. The predicted octanol–water partition coefficient (Wildman–Crippen LogP) is 3.82. The molecule has 2 rings (SSSR count). The molecule has 0 aliphatic rings. The molecule has 0 saturated heterocycles. The summed E-state index contributed by atoms with van der Waals surface area (Å²) >= 11 is 0. The van der Waals surface area contributed by atoms with Crippen molar-refractivity contribution in [2.24, 2.45) is 4.36 Å². The molecular weight excluding hydrogens is 402 g/mol. The molecule has 0 aliphatic heterocycles. The second-order valence-corrected chi connectivity index (χ2v) is 8.30. The molecule has 0 radical (unpaired) electrons. The Hall–Kier alpha value is -2.52. The van der Waals surface area contributed by atoms with Gasteiger partial charge >= 0.3 is 0 Å². The lowest BCUT2D eigenvalue weighted by Gasteiger charge is -2.20. The second-order valence-electron chi connectivity index (χ2n) is 7.26. The topological polar surface area (TPSA) is 77.0 Å². The van der Waals surface area contributed by atoms with E-state index < -0.39 is 28.4 Å². The van der Waals surface area contributed by atoms with Crippen LogP contribution in [0.5, 0.6) is 5.75 Å². The van der Waals surface area contributed by atoms with Gasteiger partial charge in [0.1, 0.15) is 23.1 Å². The van der Waals surface area contributed by atoms with Crippen LogP contribution in [-0.4, -0.2) is 23.8 Å². The van der Waals surface area contributed by atoms with E-state index in [1.165, 1.54) is 25.3 Å². The number of thiol groups is 1. The van der Waals surface area contributed by atoms with E-state index in [9.17, 15) is 17.8 Å². The van der Waals surface area contributed by atoms with Crippen LogP contribution in [-0.2, 0) is 31.8 Å². The maximum absolute atomic E-state index is 14.2. The maximum atomic E-state index is 14.2. The van der Waals surface area contributed by atoms with Gasteiger partial charge in [0.05, 0.1) is 7.11 Å². The molecule has 0 spiro atoms. The lowest BCUT2D eigenvalue weighted by Crippen LogP contribution is -2.28. The average Bonchev–Trinajstić information content (AvgIpc) is 2.65. The minimum atomic E-state index is -2.31. The first-order valence-electron chi connectivity index (χ1n) is 8.81. The molecule has 29 heavy (non-hydrogen) atoms. The van der Waals surface area contributed by atoms with E-state index in [4.69, 9.17) is 4.74 Å². The van der Waals surface area contributed by atoms with Crippen molar-refractivity contribution in [2.75, 3.05) is 13.7 Å². The summed E-state index contributed by atoms with van der Waals surface area (Å²) in [5, 5.41) is 2.58. The third kappa shape index (κ3) is 6.79. The third-order valence-corrected chi connectivity index (χ3v) is 4.66. The van der Waals surface area contributed by atoms with Crippen LogP contribution in [0.15, 0.2) is 40.8 Å². The Morgan fingerprint density at radius 1 is 1.14 bits per heavy atom. The van der Waals surface area contributed by atoms with Crippen molar-refractivity contribution < 1.29 is 26.7 Å². The molecule has 1 N–H and O–H groups in total. The zero-order valence-electron chi connectivity index (χ0n) is 16.7. The number of hydrogen-bond acceptors (Lipinski definition) is 5. The Bertz CT molecular complexity index is 967. The van der Waals surface area contributed by atoms with Gasteiger partial charge < -0.3 is 10.1 Å². The van der Waals surface area contributed by atoms with Crippen LogP contribution in [0.25, 0.3) is 0 Å². The van der Waals surface area contributed by atoms with Gasteiger partial charge in [-0.25, -0.2) is 13.0 Å². The van der Waals surface area contributed by atoms with Crippen LogP contribution in [0, 0.1) is 11.6 Å². The Kier molecular flexibility index (Phi) is 7.69. The molecule has 1 atom stereocenters. The van der Waals surface area contributed by atoms with E-state index in [0.29, 0.717) is 11.1 Å². The first-order valence-corrected chi connectivity index (χ1v) is 9.94. The van der Waals surface area contributed by atoms with Crippen LogP contribution >= 0.6 is 0 Å². The number of carbonyl (C=O) groups excluding carboxylic acids is 1. The van der Waals surface area contributed by atoms with E-state index in [1.54, 1.807) is 18.2 Å². The summed E-state index contributed by atoms with van der Waals surface area (Å²) in [5.74, 6) is -1.27. The van der Waals surface area contributed by atoms with Crippen molar-refractivity contribution >= 4 is 22.5 Å². The van der Waals surface area contributed by atoms with Crippen molar-refractivity contribution in [3.63, 3.8) is 0 Å². The Morgan fingerprint density at radius 2 is 1.86 bits per heavy atom. The zero-order valence-corrected chi connectivity index (χ0v) is 17.6. The molecule has 0 heterocycles. The van der Waals surface area contributed by atoms with Gasteiger partial charge in [-0.2, -0.15) is 4.36 Å². The Morgan fingerprint density at radius 3 is 2.45 bits per heavy atom. The Balaban J connectivity index is 1.90. The minimum absolute atomic E-state index is 0.0626. The summed E-state index contributed by atoms with van der Waals surface area (Å²) < 4.78 is 52.7. The van der Waals surface area contributed by atoms with Gasteiger partial charge in [-0.05, 0) is 34.7 Å². The highest BCUT2D eigenvalue weighted by atomic mass is 32.2. The molecule has 0 aromatic heterocycles. The van der Waals surface area contributed by atoms with Crippen LogP contribution in [0.3, 0.4) is 0 Å². The largest absolute Gasteiger partial charge is 0.484 e. The van der Waals surface area contributed by atoms with Crippen molar-refractivity contribution in [1.29, 1.82) is 0 Å². The fourth-order valence-electron chi connectivity index (χ4n) is 2.46. The molecule has 0 bridgehead atoms. The molecule has 0 saturated carbocycles. The van der Waals surface area contributed by atoms with Crippen molar-refractivity contribution in [1.82, 2.24) is 5.32 Å². The van der Waals surface area contributed by atoms with Crippen molar-refractivity contribution in [3.05, 3.63) is 59.2 Å². The molecule has 1 amide bonds. The molecule has 0 fully saturated rings. The van der Waals surface area contributed by atoms with Crippen molar-refractivity contribution in [2.45, 2.75) is 32.7 Å². The highest BCUT2D eigenvalue weighted by Crippen LogP contribution is 2.27. The zero-order chi connectivity index (χ0) is 21.6. The summed E-state index contributed by atoms with van der Waals surface area (Å²) in [5.41, 5.74) is 0.619. The van der Waals surface area contributed by atoms with E-state index in [1.807, 2.05) is 20.8 Å². The fraction of sp³-hybridized carbons (Fsp3) is 0.350. The SMILES string of the molecule is CO[SH](=O)=Nc1ccc(CNC(=O)COc2ccc(C(C)(C)C)c(F)c2)cc1F. The maximum Gasteiger partial charge on any atom is 0.258 e. The minimum Gasteiger partial charge on any atom is -0.484 e. The second kappa shape index (κ2) is 9.80. The molecule has 158 valence electrons. The number of ether oxygens (including phenoxy) is 1. The monoisotopic (exact) mass is 426 g/mol. The van der Waals surface area contributed by atoms with Gasteiger partial charge in [-0.3, -0.25) is 8.98 Å². The number of hydrogen-bond donors (Lipinski definition) is 2. The Labute approximate surface area is 170 Å². The average molecular weight is 426 g/mol. The van der Waals surface area contributed by atoms with Gasteiger partial charge in [-0.1, -0.05) is 32.9 Å². The molecule has 1 unspecified atom stereocenters. The summed E-state index contributed by atoms with van der Waals surface area (Å²) in [7, 11) is -1.11. The summed E-state index contributed by atoms with van der Waals surface area (Å²) in [4.78, 5) is 11.9. The van der Waals surface area contributed by atoms with Gasteiger partial charge in [0.25, 0.3) is 5.91 Å². The molecule has 9 heteroatoms.